The first-order valence-corrected chi connectivity index (χ1v) is 8.40. The molecule has 0 saturated heterocycles. The molecule has 1 heterocycles. The summed E-state index contributed by atoms with van der Waals surface area (Å²) >= 11 is 6.72. The molecule has 0 saturated carbocycles. The van der Waals surface area contributed by atoms with Crippen LogP contribution in [0.15, 0.2) is 35.3 Å². The number of aromatic hydroxyl groups is 1. The third kappa shape index (κ3) is 4.76. The van der Waals surface area contributed by atoms with E-state index < -0.39 is 0 Å². The standard InChI is InChI=1S/C16H20N2O2S2/c1-20-11-5-9-17-12-14-15(19)18(16(21)22-14)10-8-13-6-3-2-4-7-13/h2-4,6-7,12,19H,5,8-11H2,1H3. The van der Waals surface area contributed by atoms with E-state index in [1.807, 2.05) is 18.2 Å². The Morgan fingerprint density at radius 1 is 1.36 bits per heavy atom. The smallest absolute Gasteiger partial charge is 0.212 e. The Hall–Kier alpha value is -1.50. The van der Waals surface area contributed by atoms with Gasteiger partial charge in [0.05, 0.1) is 0 Å². The number of hydrogen-bond donors (Lipinski definition) is 1. The summed E-state index contributed by atoms with van der Waals surface area (Å²) in [7, 11) is 1.67. The van der Waals surface area contributed by atoms with Crippen LogP contribution in [-0.4, -0.2) is 36.1 Å². The van der Waals surface area contributed by atoms with Gasteiger partial charge in [-0.05, 0) is 30.6 Å². The Kier molecular flexibility index (Phi) is 6.76. The van der Waals surface area contributed by atoms with Crippen LogP contribution < -0.4 is 0 Å². The Morgan fingerprint density at radius 3 is 2.86 bits per heavy atom. The van der Waals surface area contributed by atoms with E-state index in [4.69, 9.17) is 17.0 Å². The monoisotopic (exact) mass is 336 g/mol. The summed E-state index contributed by atoms with van der Waals surface area (Å²) in [6, 6.07) is 10.2. The molecular formula is C16H20N2O2S2. The van der Waals surface area contributed by atoms with Gasteiger partial charge in [-0.1, -0.05) is 41.7 Å². The average Bonchev–Trinajstić information content (AvgIpc) is 2.80. The van der Waals surface area contributed by atoms with Gasteiger partial charge in [0.15, 0.2) is 3.95 Å². The van der Waals surface area contributed by atoms with E-state index in [1.165, 1.54) is 16.9 Å². The van der Waals surface area contributed by atoms with Gasteiger partial charge < -0.3 is 9.84 Å². The summed E-state index contributed by atoms with van der Waals surface area (Å²) in [4.78, 5) is 5.02. The van der Waals surface area contributed by atoms with Gasteiger partial charge >= 0.3 is 0 Å². The number of nitrogens with zero attached hydrogens (tertiary/aromatic N) is 2. The van der Waals surface area contributed by atoms with E-state index in [9.17, 15) is 5.11 Å². The second kappa shape index (κ2) is 8.82. The molecule has 0 aliphatic carbocycles. The Bertz CT molecular complexity index is 663. The molecule has 1 N–H and O–H groups in total. The van der Waals surface area contributed by atoms with E-state index >= 15 is 0 Å². The molecule has 22 heavy (non-hydrogen) atoms. The predicted molar refractivity (Wildman–Crippen MR) is 93.9 cm³/mol. The van der Waals surface area contributed by atoms with Crippen molar-refractivity contribution in [3.63, 3.8) is 0 Å². The third-order valence-corrected chi connectivity index (χ3v) is 4.58. The molecule has 0 aliphatic rings. The molecular weight excluding hydrogens is 316 g/mol. The van der Waals surface area contributed by atoms with Gasteiger partial charge in [-0.2, -0.15) is 0 Å². The number of ether oxygens (including phenoxy) is 1. The largest absolute Gasteiger partial charge is 0.493 e. The number of aliphatic imine (C=N–C) groups is 1. The first-order valence-electron chi connectivity index (χ1n) is 7.17. The maximum absolute atomic E-state index is 10.3. The molecule has 1 aromatic carbocycles. The molecule has 6 heteroatoms. The molecule has 0 radical (unpaired) electrons. The van der Waals surface area contributed by atoms with Crippen LogP contribution >= 0.6 is 23.6 Å². The van der Waals surface area contributed by atoms with Crippen molar-refractivity contribution in [3.8, 4) is 5.88 Å². The summed E-state index contributed by atoms with van der Waals surface area (Å²) in [5.41, 5.74) is 1.23. The SMILES string of the molecule is COCCCN=Cc1sc(=S)n(CCc2ccccc2)c1O. The van der Waals surface area contributed by atoms with Crippen molar-refractivity contribution in [2.45, 2.75) is 19.4 Å². The van der Waals surface area contributed by atoms with Crippen LogP contribution in [0.2, 0.25) is 0 Å². The summed E-state index contributed by atoms with van der Waals surface area (Å²) in [6.07, 6.45) is 3.40. The number of benzene rings is 1. The van der Waals surface area contributed by atoms with Crippen LogP contribution in [-0.2, 0) is 17.7 Å². The molecule has 2 aromatic rings. The Balaban J connectivity index is 1.99. The number of thiazole rings is 1. The molecule has 2 rings (SSSR count). The zero-order chi connectivity index (χ0) is 15.8. The van der Waals surface area contributed by atoms with Crippen LogP contribution in [0.1, 0.15) is 16.9 Å². The highest BCUT2D eigenvalue weighted by atomic mass is 32.1. The van der Waals surface area contributed by atoms with Crippen LogP contribution in [0.25, 0.3) is 0 Å². The Morgan fingerprint density at radius 2 is 2.14 bits per heavy atom. The van der Waals surface area contributed by atoms with Crippen LogP contribution in [0.4, 0.5) is 0 Å². The number of hydrogen-bond acceptors (Lipinski definition) is 5. The lowest BCUT2D eigenvalue weighted by atomic mass is 10.1. The van der Waals surface area contributed by atoms with Crippen molar-refractivity contribution in [1.82, 2.24) is 4.57 Å². The lowest BCUT2D eigenvalue weighted by Crippen LogP contribution is -2.01. The first-order chi connectivity index (χ1) is 10.7. The van der Waals surface area contributed by atoms with Gasteiger partial charge in [0, 0.05) is 33.0 Å². The van der Waals surface area contributed by atoms with Crippen LogP contribution in [0.5, 0.6) is 5.88 Å². The van der Waals surface area contributed by atoms with Crippen molar-refractivity contribution in [2.24, 2.45) is 4.99 Å². The quantitative estimate of drug-likeness (QED) is 0.454. The zero-order valence-electron chi connectivity index (χ0n) is 12.6. The highest BCUT2D eigenvalue weighted by molar-refractivity contribution is 7.73. The molecule has 0 atom stereocenters. The van der Waals surface area contributed by atoms with E-state index in [0.717, 1.165) is 17.7 Å². The van der Waals surface area contributed by atoms with Gasteiger partial charge in [0.2, 0.25) is 5.88 Å². The van der Waals surface area contributed by atoms with Gasteiger partial charge in [0.25, 0.3) is 0 Å². The second-order valence-electron chi connectivity index (χ2n) is 4.82. The fourth-order valence-electron chi connectivity index (χ4n) is 2.03. The fourth-order valence-corrected chi connectivity index (χ4v) is 3.28. The molecule has 0 amide bonds. The fraction of sp³-hybridized carbons (Fsp3) is 0.375. The summed E-state index contributed by atoms with van der Waals surface area (Å²) in [5, 5.41) is 10.3. The van der Waals surface area contributed by atoms with Crippen molar-refractivity contribution < 1.29 is 9.84 Å². The minimum Gasteiger partial charge on any atom is -0.493 e. The van der Waals surface area contributed by atoms with Crippen molar-refractivity contribution in [2.75, 3.05) is 20.3 Å². The topological polar surface area (TPSA) is 46.8 Å². The molecule has 0 unspecified atom stereocenters. The van der Waals surface area contributed by atoms with Gasteiger partial charge in [-0.25, -0.2) is 0 Å². The van der Waals surface area contributed by atoms with Crippen molar-refractivity contribution in [1.29, 1.82) is 0 Å². The number of rotatable bonds is 8. The van der Waals surface area contributed by atoms with E-state index in [1.54, 1.807) is 17.9 Å². The summed E-state index contributed by atoms with van der Waals surface area (Å²) in [6.45, 7) is 2.04. The number of methoxy groups -OCH3 is 1. The van der Waals surface area contributed by atoms with Crippen molar-refractivity contribution >= 4 is 29.8 Å². The van der Waals surface area contributed by atoms with E-state index in [2.05, 4.69) is 17.1 Å². The van der Waals surface area contributed by atoms with Gasteiger partial charge in [-0.15, -0.1) is 0 Å². The van der Waals surface area contributed by atoms with E-state index in [0.29, 0.717) is 23.7 Å². The maximum atomic E-state index is 10.3. The molecule has 118 valence electrons. The average molecular weight is 336 g/mol. The minimum atomic E-state index is 0.210. The predicted octanol–water partition coefficient (Wildman–Crippen LogP) is 3.68. The number of aryl methyl sites for hydroxylation is 1. The second-order valence-corrected chi connectivity index (χ2v) is 6.50. The molecule has 0 bridgehead atoms. The molecule has 0 aliphatic heterocycles. The molecule has 0 spiro atoms. The summed E-state index contributed by atoms with van der Waals surface area (Å²) in [5.74, 6) is 0.210. The summed E-state index contributed by atoms with van der Waals surface area (Å²) < 4.78 is 7.41. The highest BCUT2D eigenvalue weighted by Crippen LogP contribution is 2.24. The highest BCUT2D eigenvalue weighted by Gasteiger charge is 2.09. The van der Waals surface area contributed by atoms with Gasteiger partial charge in [0.1, 0.15) is 4.88 Å². The van der Waals surface area contributed by atoms with Crippen molar-refractivity contribution in [3.05, 3.63) is 44.7 Å². The first kappa shape index (κ1) is 16.9. The number of aromatic nitrogens is 1. The van der Waals surface area contributed by atoms with Crippen LogP contribution in [0, 0.1) is 3.95 Å². The van der Waals surface area contributed by atoms with Crippen LogP contribution in [0.3, 0.4) is 0 Å². The lowest BCUT2D eigenvalue weighted by molar-refractivity contribution is 0.197. The molecule has 1 aromatic heterocycles. The Labute approximate surface area is 139 Å². The van der Waals surface area contributed by atoms with E-state index in [-0.39, 0.29) is 5.88 Å². The normalized spacial score (nSPS) is 11.3. The zero-order valence-corrected chi connectivity index (χ0v) is 14.2. The van der Waals surface area contributed by atoms with Gasteiger partial charge in [-0.3, -0.25) is 9.56 Å². The molecule has 0 fully saturated rings. The molecule has 4 nitrogen and oxygen atoms in total. The lowest BCUT2D eigenvalue weighted by Gasteiger charge is -2.04. The maximum Gasteiger partial charge on any atom is 0.212 e. The minimum absolute atomic E-state index is 0.210. The third-order valence-electron chi connectivity index (χ3n) is 3.20.